The minimum absolute atomic E-state index is 1.40. The molecule has 3 rings (SSSR count). The zero-order chi connectivity index (χ0) is 15.4. The van der Waals surface area contributed by atoms with Crippen molar-refractivity contribution in [1.82, 2.24) is 0 Å². The van der Waals surface area contributed by atoms with Gasteiger partial charge in [0.2, 0.25) is 0 Å². The van der Waals surface area contributed by atoms with Gasteiger partial charge < -0.3 is 0 Å². The van der Waals surface area contributed by atoms with Gasteiger partial charge in [0.05, 0.1) is 0 Å². The van der Waals surface area contributed by atoms with Crippen LogP contribution in [0, 0.1) is 41.5 Å². The van der Waals surface area contributed by atoms with E-state index in [1.807, 2.05) is 0 Å². The minimum Gasteiger partial charge on any atom is -0.0565 e. The van der Waals surface area contributed by atoms with Crippen LogP contribution in [0.25, 0.3) is 0 Å². The van der Waals surface area contributed by atoms with Crippen molar-refractivity contribution in [3.63, 3.8) is 0 Å². The van der Waals surface area contributed by atoms with Crippen molar-refractivity contribution >= 4 is 18.4 Å². The normalized spacial score (nSPS) is 16.1. The van der Waals surface area contributed by atoms with Gasteiger partial charge in [0.1, 0.15) is 8.07 Å². The molecule has 1 fully saturated rings. The molecule has 2 aromatic carbocycles. The summed E-state index contributed by atoms with van der Waals surface area (Å²) in [6.07, 6.45) is 0. The Balaban J connectivity index is 2.24. The molecule has 0 spiro atoms. The summed E-state index contributed by atoms with van der Waals surface area (Å²) in [7, 11) is -1.43. The summed E-state index contributed by atoms with van der Waals surface area (Å²) in [5, 5.41) is 3.45. The van der Waals surface area contributed by atoms with Gasteiger partial charge in [-0.25, -0.2) is 0 Å². The van der Waals surface area contributed by atoms with Crippen molar-refractivity contribution in [3.8, 4) is 0 Å². The third-order valence-corrected chi connectivity index (χ3v) is 10.1. The molecule has 0 bridgehead atoms. The molecule has 2 aromatic rings. The SMILES string of the molecule is Cc1cc(C)c([Si]2(c3c(C)cc(C)cc3C)CC2)c(C)c1. The highest BCUT2D eigenvalue weighted by Gasteiger charge is 2.51. The maximum Gasteiger partial charge on any atom is 0.119 e. The lowest BCUT2D eigenvalue weighted by Crippen LogP contribution is -2.50. The first-order valence-corrected chi connectivity index (χ1v) is 10.4. The number of hydrogen-bond acceptors (Lipinski definition) is 0. The van der Waals surface area contributed by atoms with Crippen molar-refractivity contribution < 1.29 is 0 Å². The van der Waals surface area contributed by atoms with Crippen LogP contribution in [0.4, 0.5) is 0 Å². The van der Waals surface area contributed by atoms with E-state index >= 15 is 0 Å². The summed E-state index contributed by atoms with van der Waals surface area (Å²) in [4.78, 5) is 0. The van der Waals surface area contributed by atoms with Crippen LogP contribution in [0.5, 0.6) is 0 Å². The molecule has 1 saturated heterocycles. The molecule has 0 amide bonds. The smallest absolute Gasteiger partial charge is 0.0565 e. The van der Waals surface area contributed by atoms with Gasteiger partial charge in [0.25, 0.3) is 0 Å². The van der Waals surface area contributed by atoms with Gasteiger partial charge in [-0.15, -0.1) is 0 Å². The minimum atomic E-state index is -1.43. The van der Waals surface area contributed by atoms with E-state index in [2.05, 4.69) is 65.8 Å². The zero-order valence-electron chi connectivity index (χ0n) is 14.2. The van der Waals surface area contributed by atoms with E-state index in [4.69, 9.17) is 0 Å². The molecule has 1 aliphatic heterocycles. The van der Waals surface area contributed by atoms with Crippen LogP contribution in [0.15, 0.2) is 24.3 Å². The van der Waals surface area contributed by atoms with Crippen LogP contribution in [-0.2, 0) is 0 Å². The molecule has 1 heteroatoms. The van der Waals surface area contributed by atoms with Gasteiger partial charge in [0.15, 0.2) is 0 Å². The topological polar surface area (TPSA) is 0 Å². The average Bonchev–Trinajstić information content (AvgIpc) is 3.06. The third kappa shape index (κ3) is 2.28. The molecule has 0 N–H and O–H groups in total. The molecule has 0 unspecified atom stereocenters. The fraction of sp³-hybridized carbons (Fsp3) is 0.400. The molecule has 21 heavy (non-hydrogen) atoms. The Morgan fingerprint density at radius 3 is 1.10 bits per heavy atom. The highest BCUT2D eigenvalue weighted by molar-refractivity contribution is 7.10. The van der Waals surface area contributed by atoms with Gasteiger partial charge in [-0.2, -0.15) is 0 Å². The van der Waals surface area contributed by atoms with Crippen molar-refractivity contribution in [2.75, 3.05) is 0 Å². The Kier molecular flexibility index (Phi) is 3.36. The van der Waals surface area contributed by atoms with Crippen molar-refractivity contribution in [2.45, 2.75) is 53.6 Å². The monoisotopic (exact) mass is 294 g/mol. The lowest BCUT2D eigenvalue weighted by Gasteiger charge is -2.24. The molecule has 110 valence electrons. The Hall–Kier alpha value is -1.34. The second-order valence-electron chi connectivity index (χ2n) is 7.13. The Labute approximate surface area is 130 Å². The van der Waals surface area contributed by atoms with E-state index in [1.54, 1.807) is 10.4 Å². The summed E-state index contributed by atoms with van der Waals surface area (Å²) in [5.74, 6) is 0. The molecule has 1 heterocycles. The number of aryl methyl sites for hydroxylation is 6. The quantitative estimate of drug-likeness (QED) is 0.731. The Morgan fingerprint density at radius 1 is 0.571 bits per heavy atom. The summed E-state index contributed by atoms with van der Waals surface area (Å²) in [6.45, 7) is 13.7. The lowest BCUT2D eigenvalue weighted by atomic mass is 10.1. The largest absolute Gasteiger partial charge is 0.119 e. The highest BCUT2D eigenvalue weighted by Crippen LogP contribution is 2.38. The third-order valence-electron chi connectivity index (χ3n) is 5.06. The summed E-state index contributed by atoms with van der Waals surface area (Å²) >= 11 is 0. The van der Waals surface area contributed by atoms with E-state index in [0.29, 0.717) is 0 Å². The second kappa shape index (κ2) is 4.84. The van der Waals surface area contributed by atoms with Crippen molar-refractivity contribution in [1.29, 1.82) is 0 Å². The van der Waals surface area contributed by atoms with E-state index in [9.17, 15) is 0 Å². The summed E-state index contributed by atoms with van der Waals surface area (Å²) in [5.41, 5.74) is 8.89. The molecule has 0 atom stereocenters. The Bertz CT molecular complexity index is 615. The van der Waals surface area contributed by atoms with Gasteiger partial charge in [-0.05, 0) is 51.9 Å². The van der Waals surface area contributed by atoms with Crippen LogP contribution in [-0.4, -0.2) is 8.07 Å². The second-order valence-corrected chi connectivity index (χ2v) is 11.3. The standard InChI is InChI=1S/C20H26Si/c1-13-9-15(3)19(16(4)10-13)21(7-8-21)20-17(5)11-14(2)12-18(20)6/h9-12H,7-8H2,1-6H3. The van der Waals surface area contributed by atoms with Crippen molar-refractivity contribution in [2.24, 2.45) is 0 Å². The number of rotatable bonds is 2. The van der Waals surface area contributed by atoms with Crippen LogP contribution in [0.3, 0.4) is 0 Å². The van der Waals surface area contributed by atoms with Gasteiger partial charge >= 0.3 is 0 Å². The molecular formula is C20H26Si. The van der Waals surface area contributed by atoms with E-state index in [-0.39, 0.29) is 0 Å². The molecule has 0 aromatic heterocycles. The van der Waals surface area contributed by atoms with Crippen LogP contribution < -0.4 is 10.4 Å². The fourth-order valence-electron chi connectivity index (χ4n) is 4.62. The van der Waals surface area contributed by atoms with Gasteiger partial charge in [-0.1, -0.05) is 69.7 Å². The molecule has 0 aliphatic carbocycles. The van der Waals surface area contributed by atoms with Crippen LogP contribution in [0.1, 0.15) is 33.4 Å². The molecule has 0 saturated carbocycles. The molecule has 0 radical (unpaired) electrons. The first kappa shape index (κ1) is 14.6. The molecular weight excluding hydrogens is 268 g/mol. The summed E-state index contributed by atoms with van der Waals surface area (Å²) < 4.78 is 0. The number of hydrogen-bond donors (Lipinski definition) is 0. The lowest BCUT2D eigenvalue weighted by molar-refractivity contribution is 1.33. The molecule has 1 aliphatic rings. The van der Waals surface area contributed by atoms with Crippen LogP contribution >= 0.6 is 0 Å². The molecule has 0 nitrogen and oxygen atoms in total. The summed E-state index contributed by atoms with van der Waals surface area (Å²) in [6, 6.07) is 12.4. The van der Waals surface area contributed by atoms with Crippen LogP contribution in [0.2, 0.25) is 12.1 Å². The maximum atomic E-state index is 2.38. The fourth-order valence-corrected chi connectivity index (χ4v) is 10.2. The predicted molar refractivity (Wildman–Crippen MR) is 95.9 cm³/mol. The maximum absolute atomic E-state index is 2.38. The van der Waals surface area contributed by atoms with E-state index in [0.717, 1.165) is 0 Å². The first-order chi connectivity index (χ1) is 9.85. The van der Waals surface area contributed by atoms with E-state index < -0.39 is 8.07 Å². The van der Waals surface area contributed by atoms with E-state index in [1.165, 1.54) is 45.5 Å². The Morgan fingerprint density at radius 2 is 0.857 bits per heavy atom. The van der Waals surface area contributed by atoms with Gasteiger partial charge in [0, 0.05) is 0 Å². The number of benzene rings is 2. The van der Waals surface area contributed by atoms with Crippen molar-refractivity contribution in [3.05, 3.63) is 57.6 Å². The zero-order valence-corrected chi connectivity index (χ0v) is 15.2. The first-order valence-electron chi connectivity index (χ1n) is 8.02. The van der Waals surface area contributed by atoms with Gasteiger partial charge in [-0.3, -0.25) is 0 Å². The average molecular weight is 295 g/mol. The predicted octanol–water partition coefficient (Wildman–Crippen LogP) is 4.11. The highest BCUT2D eigenvalue weighted by atomic mass is 28.3.